The van der Waals surface area contributed by atoms with Crippen molar-refractivity contribution in [2.45, 2.75) is 6.92 Å². The summed E-state index contributed by atoms with van der Waals surface area (Å²) in [6.07, 6.45) is 7.36. The second-order valence-corrected chi connectivity index (χ2v) is 1.77. The lowest BCUT2D eigenvalue weighted by atomic mass is 10.3. The molecular weight excluding hydrogens is 126 g/mol. The van der Waals surface area contributed by atoms with Crippen LogP contribution in [0.25, 0.3) is 0 Å². The predicted octanol–water partition coefficient (Wildman–Crippen LogP) is 1.36. The quantitative estimate of drug-likeness (QED) is 0.499. The van der Waals surface area contributed by atoms with Gasteiger partial charge >= 0.3 is 0 Å². The van der Waals surface area contributed by atoms with Gasteiger partial charge in [0.1, 0.15) is 0 Å². The molecule has 1 aliphatic rings. The Morgan fingerprint density at radius 3 is 3.10 bits per heavy atom. The van der Waals surface area contributed by atoms with Crippen LogP contribution in [0, 0.1) is 0 Å². The molecule has 3 heteroatoms. The van der Waals surface area contributed by atoms with Crippen molar-refractivity contribution in [3.63, 3.8) is 0 Å². The highest BCUT2D eigenvalue weighted by Gasteiger charge is 2.01. The van der Waals surface area contributed by atoms with E-state index in [9.17, 15) is 0 Å². The fourth-order valence-corrected chi connectivity index (χ4v) is 0.706. The van der Waals surface area contributed by atoms with Gasteiger partial charge in [0.15, 0.2) is 0 Å². The van der Waals surface area contributed by atoms with Crippen LogP contribution in [0.4, 0.5) is 0 Å². The van der Waals surface area contributed by atoms with Crippen molar-refractivity contribution in [3.05, 3.63) is 23.9 Å². The van der Waals surface area contributed by atoms with Crippen molar-refractivity contribution in [2.24, 2.45) is 10.2 Å². The number of hydrazone groups is 2. The van der Waals surface area contributed by atoms with E-state index < -0.39 is 0 Å². The lowest BCUT2D eigenvalue weighted by Crippen LogP contribution is -2.09. The lowest BCUT2D eigenvalue weighted by Gasteiger charge is -2.14. The normalized spacial score (nSPS) is 20.1. The molecule has 0 atom stereocenters. The highest BCUT2D eigenvalue weighted by atomic mass is 15.7. The first-order chi connectivity index (χ1) is 4.88. The predicted molar refractivity (Wildman–Crippen MR) is 42.8 cm³/mol. The Hall–Kier alpha value is -1.38. The Balaban J connectivity index is 2.83. The van der Waals surface area contributed by atoms with Crippen LogP contribution in [-0.4, -0.2) is 18.1 Å². The van der Waals surface area contributed by atoms with Crippen molar-refractivity contribution in [3.8, 4) is 0 Å². The van der Waals surface area contributed by atoms with Gasteiger partial charge in [0.05, 0.1) is 5.70 Å². The SMILES string of the molecule is C=NN1N=CC=C/C1=C/C. The van der Waals surface area contributed by atoms with Crippen LogP contribution in [0.5, 0.6) is 0 Å². The van der Waals surface area contributed by atoms with E-state index in [1.54, 1.807) is 6.21 Å². The zero-order valence-corrected chi connectivity index (χ0v) is 5.86. The third-order valence-electron chi connectivity index (χ3n) is 1.19. The Bertz CT molecular complexity index is 213. The van der Waals surface area contributed by atoms with Gasteiger partial charge in [0, 0.05) is 12.9 Å². The molecule has 0 aromatic heterocycles. The zero-order valence-electron chi connectivity index (χ0n) is 5.86. The van der Waals surface area contributed by atoms with Crippen molar-refractivity contribution >= 4 is 12.9 Å². The summed E-state index contributed by atoms with van der Waals surface area (Å²) in [6, 6.07) is 0. The molecule has 3 nitrogen and oxygen atoms in total. The number of nitrogens with zero attached hydrogens (tertiary/aromatic N) is 3. The third kappa shape index (κ3) is 1.13. The largest absolute Gasteiger partial charge is 0.167 e. The van der Waals surface area contributed by atoms with Crippen molar-refractivity contribution in [1.29, 1.82) is 0 Å². The van der Waals surface area contributed by atoms with Gasteiger partial charge in [-0.3, -0.25) is 0 Å². The smallest absolute Gasteiger partial charge is 0.0814 e. The minimum absolute atomic E-state index is 0.942. The topological polar surface area (TPSA) is 28.0 Å². The summed E-state index contributed by atoms with van der Waals surface area (Å²) in [7, 11) is 0. The maximum atomic E-state index is 3.92. The first kappa shape index (κ1) is 6.74. The molecule has 0 unspecified atom stereocenters. The minimum atomic E-state index is 0.942. The van der Waals surface area contributed by atoms with Gasteiger partial charge < -0.3 is 0 Å². The molecule has 0 aromatic carbocycles. The highest BCUT2D eigenvalue weighted by Crippen LogP contribution is 2.09. The number of rotatable bonds is 1. The molecule has 0 bridgehead atoms. The monoisotopic (exact) mass is 135 g/mol. The molecule has 52 valence electrons. The Labute approximate surface area is 60.0 Å². The van der Waals surface area contributed by atoms with Crippen LogP contribution in [0.15, 0.2) is 34.1 Å². The summed E-state index contributed by atoms with van der Waals surface area (Å²) in [6.45, 7) is 5.30. The van der Waals surface area contributed by atoms with E-state index >= 15 is 0 Å². The van der Waals surface area contributed by atoms with Gasteiger partial charge in [-0.05, 0) is 19.1 Å². The Kier molecular flexibility index (Phi) is 1.99. The molecule has 0 saturated heterocycles. The van der Waals surface area contributed by atoms with Crippen molar-refractivity contribution in [1.82, 2.24) is 5.12 Å². The van der Waals surface area contributed by atoms with Crippen molar-refractivity contribution < 1.29 is 0 Å². The van der Waals surface area contributed by atoms with E-state index in [0.717, 1.165) is 5.70 Å². The molecule has 10 heavy (non-hydrogen) atoms. The molecule has 0 aliphatic carbocycles. The summed E-state index contributed by atoms with van der Waals surface area (Å²) in [4.78, 5) is 0. The molecular formula is C7H9N3. The highest BCUT2D eigenvalue weighted by molar-refractivity contribution is 5.73. The van der Waals surface area contributed by atoms with E-state index in [1.165, 1.54) is 5.12 Å². The standard InChI is InChI=1S/C7H9N3/c1-3-7-5-4-6-9-10(7)8-2/h3-6H,2H2,1H3/b7-3-. The fourth-order valence-electron chi connectivity index (χ4n) is 0.706. The van der Waals surface area contributed by atoms with Gasteiger partial charge in [-0.15, -0.1) is 0 Å². The number of allylic oxidation sites excluding steroid dienone is 3. The van der Waals surface area contributed by atoms with E-state index in [0.29, 0.717) is 0 Å². The average Bonchev–Trinajstić information content (AvgIpc) is 2.04. The van der Waals surface area contributed by atoms with E-state index in [-0.39, 0.29) is 0 Å². The summed E-state index contributed by atoms with van der Waals surface area (Å²) in [5.74, 6) is 0. The maximum Gasteiger partial charge on any atom is 0.0814 e. The summed E-state index contributed by atoms with van der Waals surface area (Å²) >= 11 is 0. The third-order valence-corrected chi connectivity index (χ3v) is 1.19. The summed E-state index contributed by atoms with van der Waals surface area (Å²) in [5.41, 5.74) is 0.942. The second kappa shape index (κ2) is 2.96. The van der Waals surface area contributed by atoms with Gasteiger partial charge in [0.2, 0.25) is 0 Å². The first-order valence-electron chi connectivity index (χ1n) is 3.02. The zero-order chi connectivity index (χ0) is 7.40. The molecule has 0 spiro atoms. The molecule has 0 saturated carbocycles. The van der Waals surface area contributed by atoms with Gasteiger partial charge in [-0.1, -0.05) is 6.08 Å². The fraction of sp³-hybridized carbons (Fsp3) is 0.143. The van der Waals surface area contributed by atoms with E-state index in [4.69, 9.17) is 0 Å². The van der Waals surface area contributed by atoms with E-state index in [2.05, 4.69) is 16.9 Å². The van der Waals surface area contributed by atoms with Gasteiger partial charge in [0.25, 0.3) is 0 Å². The first-order valence-corrected chi connectivity index (χ1v) is 3.02. The molecule has 0 amide bonds. The van der Waals surface area contributed by atoms with Crippen LogP contribution in [0.1, 0.15) is 6.92 Å². The molecule has 0 radical (unpaired) electrons. The molecule has 1 rings (SSSR count). The van der Waals surface area contributed by atoms with Gasteiger partial charge in [-0.2, -0.15) is 15.3 Å². The van der Waals surface area contributed by atoms with E-state index in [1.807, 2.05) is 25.2 Å². The minimum Gasteiger partial charge on any atom is -0.167 e. The molecule has 0 aromatic rings. The Morgan fingerprint density at radius 1 is 1.80 bits per heavy atom. The molecule has 0 fully saturated rings. The lowest BCUT2D eigenvalue weighted by molar-refractivity contribution is 0.402. The van der Waals surface area contributed by atoms with Gasteiger partial charge in [-0.25, -0.2) is 0 Å². The summed E-state index contributed by atoms with van der Waals surface area (Å²) in [5, 5.41) is 9.06. The Morgan fingerprint density at radius 2 is 2.60 bits per heavy atom. The van der Waals surface area contributed by atoms with Crippen molar-refractivity contribution in [2.75, 3.05) is 0 Å². The number of hydrogen-bond donors (Lipinski definition) is 0. The average molecular weight is 135 g/mol. The van der Waals surface area contributed by atoms with Crippen LogP contribution < -0.4 is 0 Å². The van der Waals surface area contributed by atoms with Crippen LogP contribution in [-0.2, 0) is 0 Å². The summed E-state index contributed by atoms with van der Waals surface area (Å²) < 4.78 is 0. The second-order valence-electron chi connectivity index (χ2n) is 1.77. The molecule has 1 aliphatic heterocycles. The molecule has 1 heterocycles. The van der Waals surface area contributed by atoms with Crippen LogP contribution >= 0.6 is 0 Å². The van der Waals surface area contributed by atoms with Crippen LogP contribution in [0.2, 0.25) is 0 Å². The maximum absolute atomic E-state index is 3.92. The number of hydrogen-bond acceptors (Lipinski definition) is 3. The van der Waals surface area contributed by atoms with Crippen LogP contribution in [0.3, 0.4) is 0 Å². The molecule has 0 N–H and O–H groups in total.